The molecule has 0 saturated carbocycles. The van der Waals surface area contributed by atoms with Crippen molar-refractivity contribution in [3.8, 4) is 5.75 Å². The summed E-state index contributed by atoms with van der Waals surface area (Å²) >= 11 is 7.73. The van der Waals surface area contributed by atoms with Crippen molar-refractivity contribution in [1.29, 1.82) is 0 Å². The quantitative estimate of drug-likeness (QED) is 0.626. The van der Waals surface area contributed by atoms with E-state index < -0.39 is 0 Å². The highest BCUT2D eigenvalue weighted by molar-refractivity contribution is 7.96. The van der Waals surface area contributed by atoms with Gasteiger partial charge in [0.2, 0.25) is 5.95 Å². The third-order valence-corrected chi connectivity index (χ3v) is 7.88. The van der Waals surface area contributed by atoms with Crippen LogP contribution in [0.25, 0.3) is 5.57 Å². The number of halogens is 1. The largest absolute Gasteiger partial charge is 0.485 e. The van der Waals surface area contributed by atoms with Crippen LogP contribution in [0.2, 0.25) is 5.02 Å². The standard InChI is InChI=1S/C23H28ClN5OS/c1-23(18-5-7-28(8-6-18)22-26-13-19(24)14-27-22)12-17-11-20(25-15-21(17)30-23)16-3-9-29(31-2)10-4-16/h3,11,13-15,18H,4-10,12H2,1-2H3. The number of rotatable bonds is 4. The highest BCUT2D eigenvalue weighted by Crippen LogP contribution is 2.43. The molecule has 0 bridgehead atoms. The molecule has 0 amide bonds. The monoisotopic (exact) mass is 457 g/mol. The van der Waals surface area contributed by atoms with Crippen LogP contribution in [0.3, 0.4) is 0 Å². The molecule has 1 saturated heterocycles. The molecule has 0 radical (unpaired) electrons. The average Bonchev–Trinajstić information content (AvgIpc) is 3.16. The van der Waals surface area contributed by atoms with E-state index in [2.05, 4.69) is 44.5 Å². The number of nitrogens with zero attached hydrogens (tertiary/aromatic N) is 5. The Balaban J connectivity index is 1.25. The average molecular weight is 458 g/mol. The molecule has 6 nitrogen and oxygen atoms in total. The van der Waals surface area contributed by atoms with Gasteiger partial charge in [0.25, 0.3) is 0 Å². The molecule has 0 spiro atoms. The van der Waals surface area contributed by atoms with Crippen molar-refractivity contribution in [2.45, 2.75) is 38.2 Å². The van der Waals surface area contributed by atoms with Gasteiger partial charge in [0.15, 0.2) is 0 Å². The summed E-state index contributed by atoms with van der Waals surface area (Å²) in [5.74, 6) is 2.21. The molecule has 1 atom stereocenters. The maximum absolute atomic E-state index is 6.51. The van der Waals surface area contributed by atoms with Gasteiger partial charge in [0.05, 0.1) is 29.3 Å². The normalized spacial score (nSPS) is 24.6. The second kappa shape index (κ2) is 8.60. The van der Waals surface area contributed by atoms with Crippen LogP contribution < -0.4 is 9.64 Å². The summed E-state index contributed by atoms with van der Waals surface area (Å²) < 4.78 is 8.88. The fraction of sp³-hybridized carbons (Fsp3) is 0.522. The number of piperidine rings is 1. The minimum Gasteiger partial charge on any atom is -0.485 e. The number of fused-ring (bicyclic) bond motifs is 1. The maximum atomic E-state index is 6.51. The van der Waals surface area contributed by atoms with E-state index >= 15 is 0 Å². The number of anilines is 1. The zero-order valence-electron chi connectivity index (χ0n) is 18.1. The van der Waals surface area contributed by atoms with Gasteiger partial charge in [-0.25, -0.2) is 14.3 Å². The molecule has 1 unspecified atom stereocenters. The van der Waals surface area contributed by atoms with Crippen LogP contribution in [-0.2, 0) is 6.42 Å². The number of ether oxygens (including phenoxy) is 1. The summed E-state index contributed by atoms with van der Waals surface area (Å²) in [5.41, 5.74) is 3.59. The fourth-order valence-electron chi connectivity index (χ4n) is 4.99. The Labute approximate surface area is 193 Å². The van der Waals surface area contributed by atoms with Gasteiger partial charge in [-0.05, 0) is 44.1 Å². The van der Waals surface area contributed by atoms with Crippen LogP contribution in [-0.4, -0.2) is 57.3 Å². The van der Waals surface area contributed by atoms with Crippen molar-refractivity contribution in [3.05, 3.63) is 47.0 Å². The molecule has 0 aliphatic carbocycles. The van der Waals surface area contributed by atoms with E-state index in [4.69, 9.17) is 21.3 Å². The Morgan fingerprint density at radius 2 is 1.90 bits per heavy atom. The molecule has 5 heterocycles. The first-order valence-corrected chi connectivity index (χ1v) is 12.5. The molecule has 2 aromatic rings. The Bertz CT molecular complexity index is 976. The van der Waals surface area contributed by atoms with Gasteiger partial charge in [-0.15, -0.1) is 0 Å². The van der Waals surface area contributed by atoms with Crippen LogP contribution in [0.4, 0.5) is 5.95 Å². The van der Waals surface area contributed by atoms with Crippen molar-refractivity contribution in [1.82, 2.24) is 19.3 Å². The highest BCUT2D eigenvalue weighted by atomic mass is 35.5. The van der Waals surface area contributed by atoms with Gasteiger partial charge < -0.3 is 9.64 Å². The van der Waals surface area contributed by atoms with Gasteiger partial charge in [0, 0.05) is 44.1 Å². The second-order valence-electron chi connectivity index (χ2n) is 8.78. The van der Waals surface area contributed by atoms with Crippen molar-refractivity contribution in [3.63, 3.8) is 0 Å². The van der Waals surface area contributed by atoms with Crippen LogP contribution in [0.15, 0.2) is 30.7 Å². The number of aromatic nitrogens is 3. The Morgan fingerprint density at radius 3 is 2.58 bits per heavy atom. The molecular weight excluding hydrogens is 430 g/mol. The first-order chi connectivity index (χ1) is 15.0. The van der Waals surface area contributed by atoms with E-state index in [-0.39, 0.29) is 5.60 Å². The molecule has 3 aliphatic heterocycles. The molecule has 5 rings (SSSR count). The molecule has 0 aromatic carbocycles. The lowest BCUT2D eigenvalue weighted by Gasteiger charge is -2.39. The fourth-order valence-corrected chi connectivity index (χ4v) is 5.59. The summed E-state index contributed by atoms with van der Waals surface area (Å²) in [7, 11) is 0. The molecule has 164 valence electrons. The topological polar surface area (TPSA) is 54.4 Å². The van der Waals surface area contributed by atoms with E-state index in [1.54, 1.807) is 12.4 Å². The molecule has 2 aromatic heterocycles. The van der Waals surface area contributed by atoms with E-state index in [1.807, 2.05) is 18.1 Å². The lowest BCUT2D eigenvalue weighted by Crippen LogP contribution is -2.46. The predicted octanol–water partition coefficient (Wildman–Crippen LogP) is 4.50. The minimum atomic E-state index is -0.174. The molecule has 31 heavy (non-hydrogen) atoms. The summed E-state index contributed by atoms with van der Waals surface area (Å²) in [5, 5.41) is 0.571. The SMILES string of the molecule is CSN1CC=C(c2cc3c(cn2)OC(C)(C2CCN(c4ncc(Cl)cn4)CC2)C3)CC1. The summed E-state index contributed by atoms with van der Waals surface area (Å²) in [6, 6.07) is 2.26. The van der Waals surface area contributed by atoms with Gasteiger partial charge in [-0.3, -0.25) is 4.98 Å². The molecule has 0 N–H and O–H groups in total. The summed E-state index contributed by atoms with van der Waals surface area (Å²) in [6.45, 7) is 6.20. The van der Waals surface area contributed by atoms with Crippen LogP contribution in [0, 0.1) is 5.92 Å². The van der Waals surface area contributed by atoms with E-state index in [0.29, 0.717) is 10.9 Å². The van der Waals surface area contributed by atoms with Crippen molar-refractivity contribution >= 4 is 35.1 Å². The number of hydrogen-bond acceptors (Lipinski definition) is 7. The highest BCUT2D eigenvalue weighted by Gasteiger charge is 2.43. The lowest BCUT2D eigenvalue weighted by atomic mass is 9.79. The molecule has 3 aliphatic rings. The third kappa shape index (κ3) is 4.28. The summed E-state index contributed by atoms with van der Waals surface area (Å²) in [4.78, 5) is 15.7. The molecule has 1 fully saturated rings. The molecule has 8 heteroatoms. The molecular formula is C23H28ClN5OS. The number of hydrogen-bond donors (Lipinski definition) is 0. The third-order valence-electron chi connectivity index (χ3n) is 6.84. The second-order valence-corrected chi connectivity index (χ2v) is 10.1. The summed E-state index contributed by atoms with van der Waals surface area (Å²) in [6.07, 6.45) is 13.8. The number of pyridine rings is 1. The van der Waals surface area contributed by atoms with Crippen LogP contribution in [0.1, 0.15) is 37.4 Å². The smallest absolute Gasteiger partial charge is 0.225 e. The zero-order chi connectivity index (χ0) is 21.4. The van der Waals surface area contributed by atoms with E-state index in [9.17, 15) is 0 Å². The van der Waals surface area contributed by atoms with Crippen molar-refractivity contribution in [2.75, 3.05) is 37.3 Å². The van der Waals surface area contributed by atoms with Crippen molar-refractivity contribution in [2.24, 2.45) is 5.92 Å². The van der Waals surface area contributed by atoms with Crippen molar-refractivity contribution < 1.29 is 4.74 Å². The van der Waals surface area contributed by atoms with Crippen LogP contribution in [0.5, 0.6) is 5.75 Å². The van der Waals surface area contributed by atoms with Gasteiger partial charge in [-0.2, -0.15) is 0 Å². The van der Waals surface area contributed by atoms with Gasteiger partial charge >= 0.3 is 0 Å². The first kappa shape index (κ1) is 21.0. The van der Waals surface area contributed by atoms with Gasteiger partial charge in [-0.1, -0.05) is 29.6 Å². The Morgan fingerprint density at radius 1 is 1.13 bits per heavy atom. The maximum Gasteiger partial charge on any atom is 0.225 e. The zero-order valence-corrected chi connectivity index (χ0v) is 19.6. The van der Waals surface area contributed by atoms with E-state index in [0.717, 1.165) is 69.3 Å². The van der Waals surface area contributed by atoms with Gasteiger partial charge in [0.1, 0.15) is 11.4 Å². The first-order valence-electron chi connectivity index (χ1n) is 10.9. The predicted molar refractivity (Wildman–Crippen MR) is 127 cm³/mol. The lowest BCUT2D eigenvalue weighted by molar-refractivity contribution is 0.0347. The Kier molecular flexibility index (Phi) is 5.84. The minimum absolute atomic E-state index is 0.174. The Hall–Kier alpha value is -1.83. The van der Waals surface area contributed by atoms with E-state index in [1.165, 1.54) is 11.1 Å². The van der Waals surface area contributed by atoms with Crippen LogP contribution >= 0.6 is 23.5 Å².